The molecule has 0 aliphatic carbocycles. The molecule has 1 N–H and O–H groups in total. The van der Waals surface area contributed by atoms with Crippen molar-refractivity contribution >= 4 is 17.2 Å². The van der Waals surface area contributed by atoms with Crippen LogP contribution in [-0.4, -0.2) is 65.6 Å². The highest BCUT2D eigenvalue weighted by molar-refractivity contribution is 7.80. The maximum atomic E-state index is 5.60. The van der Waals surface area contributed by atoms with E-state index in [1.54, 1.807) is 0 Å². The van der Waals surface area contributed by atoms with Crippen LogP contribution < -0.4 is 5.32 Å². The van der Waals surface area contributed by atoms with Gasteiger partial charge in [-0.2, -0.15) is 0 Å². The zero-order valence-electron chi connectivity index (χ0n) is 13.4. The molecule has 2 heterocycles. The SMILES string of the molecule is C=CCNC(=S)C(CN1CCN(CC)CC1)c1ccccn1. The van der Waals surface area contributed by atoms with Crippen LogP contribution >= 0.6 is 12.2 Å². The van der Waals surface area contributed by atoms with Crippen molar-refractivity contribution in [1.29, 1.82) is 0 Å². The minimum atomic E-state index is 0.143. The summed E-state index contributed by atoms with van der Waals surface area (Å²) in [5.41, 5.74) is 1.04. The Morgan fingerprint density at radius 1 is 1.36 bits per heavy atom. The summed E-state index contributed by atoms with van der Waals surface area (Å²) in [7, 11) is 0. The standard InChI is InChI=1S/C17H26N4S/c1-3-8-19-17(22)15(16-7-5-6-9-18-16)14-21-12-10-20(4-2)11-13-21/h3,5-7,9,15H,1,4,8,10-14H2,2H3,(H,19,22). The monoisotopic (exact) mass is 318 g/mol. The van der Waals surface area contributed by atoms with Crippen molar-refractivity contribution < 1.29 is 0 Å². The largest absolute Gasteiger partial charge is 0.376 e. The highest BCUT2D eigenvalue weighted by atomic mass is 32.1. The average Bonchev–Trinajstić information content (AvgIpc) is 2.59. The summed E-state index contributed by atoms with van der Waals surface area (Å²) in [6, 6.07) is 6.04. The summed E-state index contributed by atoms with van der Waals surface area (Å²) in [5.74, 6) is 0.143. The van der Waals surface area contributed by atoms with Gasteiger partial charge in [0, 0.05) is 45.5 Å². The maximum Gasteiger partial charge on any atom is 0.0860 e. The molecule has 1 aliphatic heterocycles. The van der Waals surface area contributed by atoms with E-state index in [9.17, 15) is 0 Å². The van der Waals surface area contributed by atoms with Gasteiger partial charge in [0.2, 0.25) is 0 Å². The van der Waals surface area contributed by atoms with E-state index < -0.39 is 0 Å². The second kappa shape index (κ2) is 8.98. The zero-order chi connectivity index (χ0) is 15.8. The molecule has 5 heteroatoms. The molecule has 1 aliphatic rings. The number of piperazine rings is 1. The Bertz CT molecular complexity index is 469. The Hall–Kier alpha value is -1.30. The third kappa shape index (κ3) is 4.87. The second-order valence-electron chi connectivity index (χ2n) is 5.58. The molecule has 22 heavy (non-hydrogen) atoms. The molecule has 4 nitrogen and oxygen atoms in total. The lowest BCUT2D eigenvalue weighted by atomic mass is 10.0. The first kappa shape index (κ1) is 17.1. The van der Waals surface area contributed by atoms with E-state index in [0.29, 0.717) is 6.54 Å². The van der Waals surface area contributed by atoms with Gasteiger partial charge in [-0.3, -0.25) is 9.88 Å². The Morgan fingerprint density at radius 3 is 2.68 bits per heavy atom. The molecule has 0 spiro atoms. The fourth-order valence-corrected chi connectivity index (χ4v) is 3.01. The van der Waals surface area contributed by atoms with E-state index in [2.05, 4.69) is 39.7 Å². The van der Waals surface area contributed by atoms with Crippen LogP contribution in [0.1, 0.15) is 18.5 Å². The quantitative estimate of drug-likeness (QED) is 0.613. The van der Waals surface area contributed by atoms with Crippen molar-refractivity contribution in [1.82, 2.24) is 20.1 Å². The van der Waals surface area contributed by atoms with Gasteiger partial charge in [-0.1, -0.05) is 31.3 Å². The van der Waals surface area contributed by atoms with Crippen LogP contribution in [0.25, 0.3) is 0 Å². The molecule has 1 saturated heterocycles. The van der Waals surface area contributed by atoms with Crippen LogP contribution in [0.15, 0.2) is 37.1 Å². The number of aromatic nitrogens is 1. The van der Waals surface area contributed by atoms with Crippen molar-refractivity contribution in [2.24, 2.45) is 0 Å². The lowest BCUT2D eigenvalue weighted by molar-refractivity contribution is 0.136. The lowest BCUT2D eigenvalue weighted by Gasteiger charge is -2.36. The maximum absolute atomic E-state index is 5.60. The number of hydrogen-bond acceptors (Lipinski definition) is 4. The van der Waals surface area contributed by atoms with E-state index >= 15 is 0 Å². The van der Waals surface area contributed by atoms with Crippen LogP contribution in [0.3, 0.4) is 0 Å². The summed E-state index contributed by atoms with van der Waals surface area (Å²) < 4.78 is 0. The van der Waals surface area contributed by atoms with E-state index in [1.165, 1.54) is 0 Å². The number of nitrogens with zero attached hydrogens (tertiary/aromatic N) is 3. The topological polar surface area (TPSA) is 31.4 Å². The summed E-state index contributed by atoms with van der Waals surface area (Å²) in [5, 5.41) is 3.28. The first-order valence-corrected chi connectivity index (χ1v) is 8.39. The Labute approximate surface area is 139 Å². The third-order valence-corrected chi connectivity index (χ3v) is 4.56. The van der Waals surface area contributed by atoms with Crippen LogP contribution in [0.2, 0.25) is 0 Å². The molecule has 1 aromatic heterocycles. The van der Waals surface area contributed by atoms with Gasteiger partial charge in [0.15, 0.2) is 0 Å². The first-order chi connectivity index (χ1) is 10.7. The minimum Gasteiger partial charge on any atom is -0.376 e. The van der Waals surface area contributed by atoms with Crippen molar-refractivity contribution in [2.75, 3.05) is 45.8 Å². The minimum absolute atomic E-state index is 0.143. The molecule has 1 aromatic rings. The van der Waals surface area contributed by atoms with Crippen LogP contribution in [-0.2, 0) is 0 Å². The molecular weight excluding hydrogens is 292 g/mol. The Balaban J connectivity index is 2.02. The Morgan fingerprint density at radius 2 is 2.09 bits per heavy atom. The molecule has 0 amide bonds. The molecular formula is C17H26N4S. The number of likely N-dealkylation sites (N-methyl/N-ethyl adjacent to an activating group) is 1. The van der Waals surface area contributed by atoms with E-state index in [0.717, 1.165) is 50.0 Å². The predicted octanol–water partition coefficient (Wildman–Crippen LogP) is 1.91. The summed E-state index contributed by atoms with van der Waals surface area (Å²) >= 11 is 5.60. The Kier molecular flexibility index (Phi) is 6.96. The summed E-state index contributed by atoms with van der Waals surface area (Å²) in [4.78, 5) is 10.4. The summed E-state index contributed by atoms with van der Waals surface area (Å²) in [6.45, 7) is 13.2. The average molecular weight is 318 g/mol. The highest BCUT2D eigenvalue weighted by Crippen LogP contribution is 2.17. The normalized spacial score (nSPS) is 17.9. The predicted molar refractivity (Wildman–Crippen MR) is 96.3 cm³/mol. The van der Waals surface area contributed by atoms with Crippen molar-refractivity contribution in [3.8, 4) is 0 Å². The molecule has 1 fully saturated rings. The van der Waals surface area contributed by atoms with E-state index in [4.69, 9.17) is 12.2 Å². The number of nitrogens with one attached hydrogen (secondary N) is 1. The van der Waals surface area contributed by atoms with Crippen molar-refractivity contribution in [3.05, 3.63) is 42.7 Å². The summed E-state index contributed by atoms with van der Waals surface area (Å²) in [6.07, 6.45) is 3.68. The molecule has 0 bridgehead atoms. The first-order valence-electron chi connectivity index (χ1n) is 7.98. The van der Waals surface area contributed by atoms with Crippen LogP contribution in [0.4, 0.5) is 0 Å². The van der Waals surface area contributed by atoms with Crippen molar-refractivity contribution in [3.63, 3.8) is 0 Å². The van der Waals surface area contributed by atoms with Crippen LogP contribution in [0.5, 0.6) is 0 Å². The third-order valence-electron chi connectivity index (χ3n) is 4.13. The fraction of sp³-hybridized carbons (Fsp3) is 0.529. The highest BCUT2D eigenvalue weighted by Gasteiger charge is 2.23. The second-order valence-corrected chi connectivity index (χ2v) is 6.02. The van der Waals surface area contributed by atoms with Gasteiger partial charge in [0.1, 0.15) is 0 Å². The van der Waals surface area contributed by atoms with Crippen molar-refractivity contribution in [2.45, 2.75) is 12.8 Å². The molecule has 1 unspecified atom stereocenters. The zero-order valence-corrected chi connectivity index (χ0v) is 14.2. The molecule has 120 valence electrons. The van der Waals surface area contributed by atoms with Gasteiger partial charge in [0.05, 0.1) is 16.6 Å². The van der Waals surface area contributed by atoms with Gasteiger partial charge in [-0.25, -0.2) is 0 Å². The van der Waals surface area contributed by atoms with Gasteiger partial charge in [0.25, 0.3) is 0 Å². The number of hydrogen-bond donors (Lipinski definition) is 1. The van der Waals surface area contributed by atoms with Gasteiger partial charge >= 0.3 is 0 Å². The number of pyridine rings is 1. The number of thiocarbonyl (C=S) groups is 1. The number of rotatable bonds is 7. The molecule has 1 atom stereocenters. The molecule has 2 rings (SSSR count). The fourth-order valence-electron chi connectivity index (χ4n) is 2.74. The van der Waals surface area contributed by atoms with Crippen LogP contribution in [0, 0.1) is 0 Å². The van der Waals surface area contributed by atoms with Gasteiger partial charge in [-0.05, 0) is 18.7 Å². The molecule has 0 radical (unpaired) electrons. The molecule has 0 aromatic carbocycles. The molecule has 0 saturated carbocycles. The smallest absolute Gasteiger partial charge is 0.0860 e. The lowest BCUT2D eigenvalue weighted by Crippen LogP contribution is -2.48. The van der Waals surface area contributed by atoms with E-state index in [1.807, 2.05) is 24.4 Å². The van der Waals surface area contributed by atoms with Gasteiger partial charge < -0.3 is 10.2 Å². The van der Waals surface area contributed by atoms with Gasteiger partial charge in [-0.15, -0.1) is 6.58 Å². The van der Waals surface area contributed by atoms with E-state index in [-0.39, 0.29) is 5.92 Å².